The van der Waals surface area contributed by atoms with Crippen molar-refractivity contribution in [3.8, 4) is 0 Å². The average molecular weight is 280 g/mol. The largest absolute Gasteiger partial charge is 0.378 e. The van der Waals surface area contributed by atoms with Gasteiger partial charge in [0.15, 0.2) is 0 Å². The molecule has 0 aliphatic carbocycles. The van der Waals surface area contributed by atoms with Gasteiger partial charge in [0.05, 0.1) is 17.4 Å². The van der Waals surface area contributed by atoms with Crippen molar-refractivity contribution in [3.05, 3.63) is 28.8 Å². The van der Waals surface area contributed by atoms with Crippen LogP contribution in [0.4, 0.5) is 5.69 Å². The van der Waals surface area contributed by atoms with Crippen molar-refractivity contribution in [2.75, 3.05) is 18.1 Å². The van der Waals surface area contributed by atoms with Crippen molar-refractivity contribution in [2.45, 2.75) is 25.4 Å². The van der Waals surface area contributed by atoms with Gasteiger partial charge in [-0.05, 0) is 37.5 Å². The fourth-order valence-corrected chi connectivity index (χ4v) is 2.81. The van der Waals surface area contributed by atoms with E-state index in [1.54, 1.807) is 18.2 Å². The summed E-state index contributed by atoms with van der Waals surface area (Å²) in [5.41, 5.74) is 1.07. The lowest BCUT2D eigenvalue weighted by Crippen LogP contribution is -2.32. The van der Waals surface area contributed by atoms with Crippen LogP contribution in [-0.4, -0.2) is 30.9 Å². The maximum Gasteiger partial charge on any atom is 0.299 e. The van der Waals surface area contributed by atoms with Crippen LogP contribution in [0.15, 0.2) is 18.2 Å². The minimum Gasteiger partial charge on any atom is -0.378 e. The van der Waals surface area contributed by atoms with Gasteiger partial charge in [-0.2, -0.15) is 0 Å². The fourth-order valence-electron chi connectivity index (χ4n) is 2.64. The molecule has 0 radical (unpaired) electrons. The molecule has 1 aromatic carbocycles. The van der Waals surface area contributed by atoms with E-state index in [2.05, 4.69) is 0 Å². The molecule has 2 aliphatic heterocycles. The van der Waals surface area contributed by atoms with E-state index in [1.165, 1.54) is 4.90 Å². The van der Waals surface area contributed by atoms with E-state index in [1.807, 2.05) is 0 Å². The molecule has 1 unspecified atom stereocenters. The molecular weight excluding hydrogens is 266 g/mol. The topological polar surface area (TPSA) is 46.6 Å². The highest BCUT2D eigenvalue weighted by atomic mass is 35.5. The Kier molecular flexibility index (Phi) is 3.29. The summed E-state index contributed by atoms with van der Waals surface area (Å²) >= 11 is 5.86. The molecule has 1 aromatic rings. The number of carbonyl (C=O) groups is 2. The van der Waals surface area contributed by atoms with Gasteiger partial charge >= 0.3 is 0 Å². The van der Waals surface area contributed by atoms with Gasteiger partial charge in [0.2, 0.25) is 0 Å². The second kappa shape index (κ2) is 4.94. The molecule has 4 nitrogen and oxygen atoms in total. The van der Waals surface area contributed by atoms with Crippen molar-refractivity contribution < 1.29 is 14.3 Å². The zero-order valence-electron chi connectivity index (χ0n) is 10.4. The SMILES string of the molecule is O=C1C(=O)N(CCC2CCCO2)c2ccc(Cl)cc21. The summed E-state index contributed by atoms with van der Waals surface area (Å²) in [6.07, 6.45) is 3.08. The lowest BCUT2D eigenvalue weighted by molar-refractivity contribution is -0.114. The molecular formula is C14H14ClNO3. The number of hydrogen-bond donors (Lipinski definition) is 0. The van der Waals surface area contributed by atoms with E-state index in [0.717, 1.165) is 25.9 Å². The van der Waals surface area contributed by atoms with E-state index in [-0.39, 0.29) is 6.10 Å². The standard InChI is InChI=1S/C14H14ClNO3/c15-9-3-4-12-11(8-9)13(17)14(18)16(12)6-5-10-2-1-7-19-10/h3-4,8,10H,1-2,5-7H2. The average Bonchev–Trinajstić information content (AvgIpc) is 2.98. The molecule has 0 bridgehead atoms. The van der Waals surface area contributed by atoms with E-state index >= 15 is 0 Å². The summed E-state index contributed by atoms with van der Waals surface area (Å²) in [5, 5.41) is 0.473. The minimum absolute atomic E-state index is 0.208. The third-order valence-electron chi connectivity index (χ3n) is 3.63. The molecule has 1 saturated heterocycles. The number of anilines is 1. The van der Waals surface area contributed by atoms with Gasteiger partial charge in [-0.1, -0.05) is 11.6 Å². The molecule has 0 N–H and O–H groups in total. The minimum atomic E-state index is -0.468. The zero-order valence-corrected chi connectivity index (χ0v) is 11.2. The summed E-state index contributed by atoms with van der Waals surface area (Å²) in [6.45, 7) is 1.31. The number of ether oxygens (including phenoxy) is 1. The molecule has 3 rings (SSSR count). The Morgan fingerprint density at radius 2 is 2.21 bits per heavy atom. The first-order valence-corrected chi connectivity index (χ1v) is 6.82. The van der Waals surface area contributed by atoms with Crippen molar-refractivity contribution in [3.63, 3.8) is 0 Å². The number of nitrogens with zero attached hydrogens (tertiary/aromatic N) is 1. The molecule has 1 atom stereocenters. The predicted molar refractivity (Wildman–Crippen MR) is 71.7 cm³/mol. The first kappa shape index (κ1) is 12.6. The highest BCUT2D eigenvalue weighted by Gasteiger charge is 2.36. The number of rotatable bonds is 3. The van der Waals surface area contributed by atoms with Crippen LogP contribution in [0, 0.1) is 0 Å². The van der Waals surface area contributed by atoms with Crippen LogP contribution >= 0.6 is 11.6 Å². The summed E-state index contributed by atoms with van der Waals surface area (Å²) in [7, 11) is 0. The van der Waals surface area contributed by atoms with Gasteiger partial charge in [-0.15, -0.1) is 0 Å². The van der Waals surface area contributed by atoms with Crippen LogP contribution in [0.2, 0.25) is 5.02 Å². The molecule has 1 fully saturated rings. The second-order valence-electron chi connectivity index (χ2n) is 4.87. The van der Waals surface area contributed by atoms with Gasteiger partial charge in [0, 0.05) is 18.2 Å². The highest BCUT2D eigenvalue weighted by molar-refractivity contribution is 6.52. The smallest absolute Gasteiger partial charge is 0.299 e. The van der Waals surface area contributed by atoms with Crippen LogP contribution in [0.1, 0.15) is 29.6 Å². The third kappa shape index (κ3) is 2.26. The molecule has 2 heterocycles. The van der Waals surface area contributed by atoms with Crippen LogP contribution in [0.5, 0.6) is 0 Å². The monoisotopic (exact) mass is 279 g/mol. The normalized spacial score (nSPS) is 22.2. The predicted octanol–water partition coefficient (Wildman–Crippen LogP) is 2.44. The Hall–Kier alpha value is -1.39. The van der Waals surface area contributed by atoms with Gasteiger partial charge in [-0.25, -0.2) is 0 Å². The van der Waals surface area contributed by atoms with Crippen molar-refractivity contribution in [1.82, 2.24) is 0 Å². The molecule has 19 heavy (non-hydrogen) atoms. The Bertz CT molecular complexity index is 537. The number of amides is 1. The summed E-state index contributed by atoms with van der Waals surface area (Å²) < 4.78 is 5.54. The van der Waals surface area contributed by atoms with E-state index < -0.39 is 11.7 Å². The van der Waals surface area contributed by atoms with Crippen molar-refractivity contribution >= 4 is 29.0 Å². The molecule has 1 amide bonds. The van der Waals surface area contributed by atoms with Crippen LogP contribution in [0.3, 0.4) is 0 Å². The van der Waals surface area contributed by atoms with Gasteiger partial charge in [0.1, 0.15) is 0 Å². The number of Topliss-reactive ketones (excluding diaryl/α,β-unsaturated/α-hetero) is 1. The van der Waals surface area contributed by atoms with E-state index in [0.29, 0.717) is 22.8 Å². The van der Waals surface area contributed by atoms with Gasteiger partial charge in [0.25, 0.3) is 11.7 Å². The summed E-state index contributed by atoms with van der Waals surface area (Å²) in [4.78, 5) is 25.4. The third-order valence-corrected chi connectivity index (χ3v) is 3.87. The molecule has 5 heteroatoms. The van der Waals surface area contributed by atoms with Crippen molar-refractivity contribution in [1.29, 1.82) is 0 Å². The van der Waals surface area contributed by atoms with Crippen LogP contribution < -0.4 is 4.90 Å². The number of ketones is 1. The molecule has 0 aromatic heterocycles. The van der Waals surface area contributed by atoms with E-state index in [9.17, 15) is 9.59 Å². The van der Waals surface area contributed by atoms with Gasteiger partial charge < -0.3 is 9.64 Å². The maximum absolute atomic E-state index is 12.0. The molecule has 100 valence electrons. The molecule has 2 aliphatic rings. The van der Waals surface area contributed by atoms with Gasteiger partial charge in [-0.3, -0.25) is 9.59 Å². The first-order chi connectivity index (χ1) is 9.16. The Morgan fingerprint density at radius 1 is 1.37 bits per heavy atom. The Morgan fingerprint density at radius 3 is 2.95 bits per heavy atom. The van der Waals surface area contributed by atoms with E-state index in [4.69, 9.17) is 16.3 Å². The molecule has 0 spiro atoms. The Balaban J connectivity index is 1.78. The number of carbonyl (C=O) groups excluding carboxylic acids is 2. The maximum atomic E-state index is 12.0. The Labute approximate surface area is 116 Å². The lowest BCUT2D eigenvalue weighted by atomic mass is 10.1. The number of benzene rings is 1. The fraction of sp³-hybridized carbons (Fsp3) is 0.429. The number of fused-ring (bicyclic) bond motifs is 1. The van der Waals surface area contributed by atoms with Crippen molar-refractivity contribution in [2.24, 2.45) is 0 Å². The van der Waals surface area contributed by atoms with Crippen LogP contribution in [-0.2, 0) is 9.53 Å². The summed E-state index contributed by atoms with van der Waals surface area (Å²) in [5.74, 6) is -0.930. The molecule has 0 saturated carbocycles. The highest BCUT2D eigenvalue weighted by Crippen LogP contribution is 2.31. The number of halogens is 1. The van der Waals surface area contributed by atoms with Crippen LogP contribution in [0.25, 0.3) is 0 Å². The summed E-state index contributed by atoms with van der Waals surface area (Å²) in [6, 6.07) is 4.99. The first-order valence-electron chi connectivity index (χ1n) is 6.44. The second-order valence-corrected chi connectivity index (χ2v) is 5.31. The lowest BCUT2D eigenvalue weighted by Gasteiger charge is -2.18. The zero-order chi connectivity index (χ0) is 13.4. The number of hydrogen-bond acceptors (Lipinski definition) is 3. The quantitative estimate of drug-likeness (QED) is 0.799.